The Hall–Kier alpha value is -6.94. The highest BCUT2D eigenvalue weighted by Crippen LogP contribution is 2.43. The van der Waals surface area contributed by atoms with Crippen LogP contribution in [0.4, 0.5) is 17.1 Å². The Morgan fingerprint density at radius 1 is 0.327 bits per heavy atom. The first-order chi connectivity index (χ1) is 27.3. The van der Waals surface area contributed by atoms with Crippen molar-refractivity contribution < 1.29 is 4.42 Å². The topological polar surface area (TPSA) is 16.4 Å². The predicted octanol–water partition coefficient (Wildman–Crippen LogP) is 15.6. The van der Waals surface area contributed by atoms with E-state index in [0.717, 1.165) is 50.1 Å². The average Bonchev–Trinajstić information content (AvgIpc) is 3.84. The summed E-state index contributed by atoms with van der Waals surface area (Å²) in [5.41, 5.74) is 12.2. The summed E-state index contributed by atoms with van der Waals surface area (Å²) in [5.74, 6) is 0. The molecule has 0 unspecified atom stereocenters. The molecule has 0 spiro atoms. The molecule has 0 amide bonds. The Kier molecular flexibility index (Phi) is 7.39. The van der Waals surface area contributed by atoms with Crippen LogP contribution in [0.2, 0.25) is 0 Å². The van der Waals surface area contributed by atoms with Gasteiger partial charge in [0.15, 0.2) is 0 Å². The van der Waals surface area contributed by atoms with Crippen molar-refractivity contribution in [3.8, 4) is 33.4 Å². The van der Waals surface area contributed by atoms with Gasteiger partial charge in [0.25, 0.3) is 0 Å². The highest BCUT2D eigenvalue weighted by atomic mass is 32.1. The minimum atomic E-state index is 0.898. The predicted molar refractivity (Wildman–Crippen MR) is 235 cm³/mol. The number of nitrogens with zero attached hydrogens (tertiary/aromatic N) is 1. The van der Waals surface area contributed by atoms with Gasteiger partial charge in [0, 0.05) is 48.0 Å². The lowest BCUT2D eigenvalue weighted by atomic mass is 9.95. The van der Waals surface area contributed by atoms with Gasteiger partial charge >= 0.3 is 0 Å². The van der Waals surface area contributed by atoms with Crippen molar-refractivity contribution in [3.05, 3.63) is 200 Å². The molecular weight excluding hydrogens is 687 g/mol. The molecule has 3 heteroatoms. The molecule has 0 saturated carbocycles. The van der Waals surface area contributed by atoms with Crippen LogP contribution in [0.5, 0.6) is 0 Å². The second-order valence-electron chi connectivity index (χ2n) is 14.1. The zero-order valence-corrected chi connectivity index (χ0v) is 30.6. The maximum atomic E-state index is 6.28. The van der Waals surface area contributed by atoms with Crippen molar-refractivity contribution in [2.75, 3.05) is 4.90 Å². The van der Waals surface area contributed by atoms with Gasteiger partial charge in [-0.25, -0.2) is 0 Å². The normalized spacial score (nSPS) is 11.6. The number of anilines is 3. The van der Waals surface area contributed by atoms with Gasteiger partial charge in [-0.1, -0.05) is 140 Å². The van der Waals surface area contributed by atoms with E-state index in [1.165, 1.54) is 53.2 Å². The number of para-hydroxylation sites is 1. The molecule has 0 radical (unpaired) electrons. The highest BCUT2D eigenvalue weighted by Gasteiger charge is 2.18. The molecule has 0 atom stereocenters. The molecule has 11 rings (SSSR count). The van der Waals surface area contributed by atoms with E-state index in [-0.39, 0.29) is 0 Å². The zero-order chi connectivity index (χ0) is 36.3. The monoisotopic (exact) mass is 719 g/mol. The summed E-state index contributed by atoms with van der Waals surface area (Å²) in [6.07, 6.45) is 0. The Balaban J connectivity index is 1.04. The quantitative estimate of drug-likeness (QED) is 0.170. The summed E-state index contributed by atoms with van der Waals surface area (Å²) in [6.45, 7) is 0. The maximum absolute atomic E-state index is 6.28. The molecule has 0 aliphatic rings. The van der Waals surface area contributed by atoms with Gasteiger partial charge in [0.2, 0.25) is 0 Å². The smallest absolute Gasteiger partial charge is 0.136 e. The van der Waals surface area contributed by atoms with Gasteiger partial charge in [-0.05, 0) is 105 Å². The molecule has 258 valence electrons. The molecule has 0 fully saturated rings. The van der Waals surface area contributed by atoms with Crippen LogP contribution in [-0.4, -0.2) is 0 Å². The van der Waals surface area contributed by atoms with Crippen molar-refractivity contribution in [3.63, 3.8) is 0 Å². The molecule has 2 nitrogen and oxygen atoms in total. The van der Waals surface area contributed by atoms with E-state index < -0.39 is 0 Å². The first-order valence-corrected chi connectivity index (χ1v) is 19.5. The Bertz CT molecular complexity index is 3190. The van der Waals surface area contributed by atoms with Crippen molar-refractivity contribution in [2.45, 2.75) is 0 Å². The largest absolute Gasteiger partial charge is 0.456 e. The molecule has 55 heavy (non-hydrogen) atoms. The van der Waals surface area contributed by atoms with Crippen LogP contribution >= 0.6 is 11.3 Å². The lowest BCUT2D eigenvalue weighted by Gasteiger charge is -2.26. The third-order valence-corrected chi connectivity index (χ3v) is 12.0. The van der Waals surface area contributed by atoms with E-state index in [1.54, 1.807) is 0 Å². The summed E-state index contributed by atoms with van der Waals surface area (Å²) in [7, 11) is 0. The van der Waals surface area contributed by atoms with E-state index in [0.29, 0.717) is 0 Å². The third-order valence-electron chi connectivity index (χ3n) is 10.9. The van der Waals surface area contributed by atoms with Crippen LogP contribution in [0.1, 0.15) is 0 Å². The number of hydrogen-bond acceptors (Lipinski definition) is 3. The standard InChI is InChI=1S/C52H33NOS/c1-2-11-34(12-3-1)35-23-27-38(28-24-35)53(40-14-8-13-37(33-40)42-18-10-21-48-51(42)45-15-4-6-20-47(45)54-48)39-29-25-36(26-30-39)41-17-9-19-44-43(41)31-32-50-52(44)46-16-5-7-22-49(46)55-50/h1-33H. The minimum Gasteiger partial charge on any atom is -0.456 e. The minimum absolute atomic E-state index is 0.898. The average molecular weight is 720 g/mol. The van der Waals surface area contributed by atoms with E-state index in [4.69, 9.17) is 4.42 Å². The number of fused-ring (bicyclic) bond motifs is 8. The van der Waals surface area contributed by atoms with Crippen LogP contribution in [0, 0.1) is 0 Å². The Morgan fingerprint density at radius 2 is 0.945 bits per heavy atom. The molecule has 2 aromatic heterocycles. The van der Waals surface area contributed by atoms with Gasteiger partial charge in [0.05, 0.1) is 0 Å². The first kappa shape index (κ1) is 31.6. The fraction of sp³-hybridized carbons (Fsp3) is 0. The second-order valence-corrected chi connectivity index (χ2v) is 15.1. The maximum Gasteiger partial charge on any atom is 0.136 e. The molecule has 0 bridgehead atoms. The summed E-state index contributed by atoms with van der Waals surface area (Å²) >= 11 is 1.87. The van der Waals surface area contributed by atoms with Crippen molar-refractivity contribution >= 4 is 81.3 Å². The van der Waals surface area contributed by atoms with Crippen LogP contribution in [0.25, 0.3) is 86.3 Å². The fourth-order valence-corrected chi connectivity index (χ4v) is 9.45. The number of hydrogen-bond donors (Lipinski definition) is 0. The van der Waals surface area contributed by atoms with Crippen LogP contribution in [-0.2, 0) is 0 Å². The Labute approximate surface area is 322 Å². The lowest BCUT2D eigenvalue weighted by molar-refractivity contribution is 0.669. The summed E-state index contributed by atoms with van der Waals surface area (Å²) in [4.78, 5) is 2.36. The summed E-state index contributed by atoms with van der Waals surface area (Å²) < 4.78 is 8.94. The molecule has 9 aromatic carbocycles. The summed E-state index contributed by atoms with van der Waals surface area (Å²) in [5, 5.41) is 7.52. The van der Waals surface area contributed by atoms with E-state index in [9.17, 15) is 0 Å². The van der Waals surface area contributed by atoms with Gasteiger partial charge in [-0.3, -0.25) is 0 Å². The van der Waals surface area contributed by atoms with Crippen molar-refractivity contribution in [2.24, 2.45) is 0 Å². The molecule has 11 aromatic rings. The molecule has 0 aliphatic carbocycles. The lowest BCUT2D eigenvalue weighted by Crippen LogP contribution is -2.10. The van der Waals surface area contributed by atoms with Gasteiger partial charge in [0.1, 0.15) is 11.2 Å². The SMILES string of the molecule is c1ccc(-c2ccc(N(c3ccc(-c4cccc5c4ccc4sc6ccccc6c45)cc3)c3cccc(-c4cccc5oc6ccccc6c45)c3)cc2)cc1. The Morgan fingerprint density at radius 3 is 1.78 bits per heavy atom. The van der Waals surface area contributed by atoms with Crippen LogP contribution in [0.15, 0.2) is 205 Å². The number of furan rings is 1. The van der Waals surface area contributed by atoms with E-state index in [1.807, 2.05) is 23.5 Å². The van der Waals surface area contributed by atoms with Gasteiger partial charge in [-0.15, -0.1) is 11.3 Å². The van der Waals surface area contributed by atoms with Crippen molar-refractivity contribution in [1.29, 1.82) is 0 Å². The van der Waals surface area contributed by atoms with E-state index >= 15 is 0 Å². The van der Waals surface area contributed by atoms with Crippen LogP contribution in [0.3, 0.4) is 0 Å². The third kappa shape index (κ3) is 5.32. The fourth-order valence-electron chi connectivity index (χ4n) is 8.33. The van der Waals surface area contributed by atoms with Crippen molar-refractivity contribution in [1.82, 2.24) is 0 Å². The molecule has 0 aliphatic heterocycles. The number of rotatable bonds is 6. The summed E-state index contributed by atoms with van der Waals surface area (Å²) in [6, 6.07) is 72.1. The number of benzene rings is 9. The highest BCUT2D eigenvalue weighted by molar-refractivity contribution is 7.26. The van der Waals surface area contributed by atoms with Gasteiger partial charge < -0.3 is 9.32 Å². The molecule has 0 saturated heterocycles. The molecule has 0 N–H and O–H groups in total. The first-order valence-electron chi connectivity index (χ1n) is 18.7. The number of thiophene rings is 1. The van der Waals surface area contributed by atoms with Gasteiger partial charge in [-0.2, -0.15) is 0 Å². The van der Waals surface area contributed by atoms with E-state index in [2.05, 4.69) is 193 Å². The second kappa shape index (κ2) is 12.9. The molecule has 2 heterocycles. The van der Waals surface area contributed by atoms with Crippen LogP contribution < -0.4 is 4.90 Å². The zero-order valence-electron chi connectivity index (χ0n) is 29.8. The molecular formula is C52H33NOS.